The molecule has 0 aliphatic carbocycles. The third-order valence-electron chi connectivity index (χ3n) is 5.53. The fourth-order valence-corrected chi connectivity index (χ4v) is 4.09. The number of nitrogens with zero attached hydrogens (tertiary/aromatic N) is 3. The SMILES string of the molecule is O=C(c1cc(=O)[nH][nH]1)N1CCCC(N2CCN(c3ccccc3F)CC2)C1. The highest BCUT2D eigenvalue weighted by Gasteiger charge is 2.31. The minimum absolute atomic E-state index is 0.136. The summed E-state index contributed by atoms with van der Waals surface area (Å²) < 4.78 is 14.0. The van der Waals surface area contributed by atoms with Gasteiger partial charge < -0.3 is 9.80 Å². The summed E-state index contributed by atoms with van der Waals surface area (Å²) >= 11 is 0. The molecule has 144 valence electrons. The molecule has 3 heterocycles. The fourth-order valence-electron chi connectivity index (χ4n) is 4.09. The molecule has 7 nitrogen and oxygen atoms in total. The number of H-pyrrole nitrogens is 2. The molecule has 2 fully saturated rings. The third kappa shape index (κ3) is 3.75. The molecule has 1 unspecified atom stereocenters. The number of nitrogens with one attached hydrogen (secondary N) is 2. The smallest absolute Gasteiger partial charge is 0.271 e. The molecule has 1 amide bonds. The molecule has 4 rings (SSSR count). The van der Waals surface area contributed by atoms with Gasteiger partial charge in [0.05, 0.1) is 5.69 Å². The van der Waals surface area contributed by atoms with Crippen LogP contribution < -0.4 is 10.5 Å². The lowest BCUT2D eigenvalue weighted by Gasteiger charge is -2.43. The molecule has 1 aromatic carbocycles. The number of aromatic nitrogens is 2. The van der Waals surface area contributed by atoms with E-state index in [0.717, 1.165) is 39.0 Å². The summed E-state index contributed by atoms with van der Waals surface area (Å²) in [5.74, 6) is -0.316. The maximum Gasteiger partial charge on any atom is 0.271 e. The van der Waals surface area contributed by atoms with Gasteiger partial charge in [0.15, 0.2) is 0 Å². The van der Waals surface area contributed by atoms with Crippen molar-refractivity contribution in [2.24, 2.45) is 0 Å². The van der Waals surface area contributed by atoms with Crippen molar-refractivity contribution in [2.75, 3.05) is 44.2 Å². The highest BCUT2D eigenvalue weighted by molar-refractivity contribution is 5.92. The number of likely N-dealkylation sites (tertiary alicyclic amines) is 1. The van der Waals surface area contributed by atoms with Crippen molar-refractivity contribution in [1.29, 1.82) is 0 Å². The summed E-state index contributed by atoms with van der Waals surface area (Å²) in [7, 11) is 0. The lowest BCUT2D eigenvalue weighted by molar-refractivity contribution is 0.0558. The van der Waals surface area contributed by atoms with Gasteiger partial charge in [-0.2, -0.15) is 0 Å². The first-order valence-corrected chi connectivity index (χ1v) is 9.42. The summed E-state index contributed by atoms with van der Waals surface area (Å²) in [6, 6.07) is 8.50. The fraction of sp³-hybridized carbons (Fsp3) is 0.474. The Hall–Kier alpha value is -2.61. The molecule has 0 spiro atoms. The molecule has 2 N–H and O–H groups in total. The lowest BCUT2D eigenvalue weighted by Crippen LogP contribution is -2.56. The van der Waals surface area contributed by atoms with Crippen LogP contribution >= 0.6 is 0 Å². The van der Waals surface area contributed by atoms with E-state index in [4.69, 9.17) is 0 Å². The van der Waals surface area contributed by atoms with Crippen molar-refractivity contribution >= 4 is 11.6 Å². The van der Waals surface area contributed by atoms with Crippen LogP contribution in [0.5, 0.6) is 0 Å². The number of amides is 1. The van der Waals surface area contributed by atoms with Crippen molar-refractivity contribution in [1.82, 2.24) is 20.0 Å². The van der Waals surface area contributed by atoms with E-state index >= 15 is 0 Å². The van der Waals surface area contributed by atoms with Crippen molar-refractivity contribution in [3.05, 3.63) is 52.2 Å². The average molecular weight is 373 g/mol. The first-order chi connectivity index (χ1) is 13.1. The van der Waals surface area contributed by atoms with Crippen molar-refractivity contribution in [2.45, 2.75) is 18.9 Å². The number of rotatable bonds is 3. The quantitative estimate of drug-likeness (QED) is 0.850. The van der Waals surface area contributed by atoms with Gasteiger partial charge in [0, 0.05) is 51.4 Å². The van der Waals surface area contributed by atoms with Crippen LogP contribution in [0.15, 0.2) is 35.1 Å². The monoisotopic (exact) mass is 373 g/mol. The summed E-state index contributed by atoms with van der Waals surface area (Å²) in [5.41, 5.74) is 0.676. The first-order valence-electron chi connectivity index (χ1n) is 9.42. The number of hydrogen-bond acceptors (Lipinski definition) is 4. The number of benzene rings is 1. The van der Waals surface area contributed by atoms with Gasteiger partial charge >= 0.3 is 0 Å². The number of piperazine rings is 1. The van der Waals surface area contributed by atoms with Crippen LogP contribution in [0.3, 0.4) is 0 Å². The summed E-state index contributed by atoms with van der Waals surface area (Å²) in [4.78, 5) is 30.1. The number of carbonyl (C=O) groups is 1. The zero-order valence-electron chi connectivity index (χ0n) is 15.2. The minimum atomic E-state index is -0.295. The zero-order chi connectivity index (χ0) is 18.8. The Morgan fingerprint density at radius 1 is 1.07 bits per heavy atom. The van der Waals surface area contributed by atoms with Crippen LogP contribution in [0.1, 0.15) is 23.3 Å². The van der Waals surface area contributed by atoms with E-state index in [0.29, 0.717) is 30.5 Å². The molecular formula is C19H24FN5O2. The number of para-hydroxylation sites is 1. The maximum atomic E-state index is 14.0. The van der Waals surface area contributed by atoms with Gasteiger partial charge in [0.25, 0.3) is 11.5 Å². The highest BCUT2D eigenvalue weighted by Crippen LogP contribution is 2.23. The van der Waals surface area contributed by atoms with E-state index < -0.39 is 0 Å². The standard InChI is InChI=1S/C19H24FN5O2/c20-15-5-1-2-6-17(15)24-10-8-23(9-11-24)14-4-3-7-25(13-14)19(27)16-12-18(26)22-21-16/h1-2,5-6,12,14H,3-4,7-11,13H2,(H2,21,22,26). The molecule has 2 aromatic rings. The van der Waals surface area contributed by atoms with Gasteiger partial charge in [-0.05, 0) is 25.0 Å². The van der Waals surface area contributed by atoms with Gasteiger partial charge in [-0.3, -0.25) is 24.7 Å². The Balaban J connectivity index is 1.36. The van der Waals surface area contributed by atoms with Crippen LogP contribution in [-0.4, -0.2) is 71.2 Å². The second-order valence-corrected chi connectivity index (χ2v) is 7.19. The number of aromatic amines is 2. The predicted octanol–water partition coefficient (Wildman–Crippen LogP) is 1.27. The van der Waals surface area contributed by atoms with Gasteiger partial charge in [-0.15, -0.1) is 0 Å². The Kier molecular flexibility index (Phi) is 4.98. The molecule has 2 aliphatic rings. The van der Waals surface area contributed by atoms with Crippen molar-refractivity contribution in [3.8, 4) is 0 Å². The molecule has 2 aliphatic heterocycles. The predicted molar refractivity (Wildman–Crippen MR) is 101 cm³/mol. The van der Waals surface area contributed by atoms with Crippen molar-refractivity contribution < 1.29 is 9.18 Å². The number of halogens is 1. The second kappa shape index (κ2) is 7.56. The second-order valence-electron chi connectivity index (χ2n) is 7.19. The summed E-state index contributed by atoms with van der Waals surface area (Å²) in [6.45, 7) is 4.61. The van der Waals surface area contributed by atoms with E-state index in [2.05, 4.69) is 20.0 Å². The van der Waals surface area contributed by atoms with E-state index in [-0.39, 0.29) is 17.3 Å². The van der Waals surface area contributed by atoms with Gasteiger partial charge in [0.1, 0.15) is 11.5 Å². The molecule has 0 radical (unpaired) electrons. The van der Waals surface area contributed by atoms with Crippen LogP contribution in [-0.2, 0) is 0 Å². The molecule has 27 heavy (non-hydrogen) atoms. The molecule has 0 bridgehead atoms. The van der Waals surface area contributed by atoms with Gasteiger partial charge in [0.2, 0.25) is 0 Å². The molecule has 8 heteroatoms. The maximum absolute atomic E-state index is 14.0. The Morgan fingerprint density at radius 3 is 2.56 bits per heavy atom. The number of piperidine rings is 1. The summed E-state index contributed by atoms with van der Waals surface area (Å²) in [6.07, 6.45) is 1.99. The van der Waals surface area contributed by atoms with Crippen LogP contribution in [0, 0.1) is 5.82 Å². The molecular weight excluding hydrogens is 349 g/mol. The van der Waals surface area contributed by atoms with Crippen molar-refractivity contribution in [3.63, 3.8) is 0 Å². The van der Waals surface area contributed by atoms with E-state index in [9.17, 15) is 14.0 Å². The lowest BCUT2D eigenvalue weighted by atomic mass is 10.0. The molecule has 1 aromatic heterocycles. The third-order valence-corrected chi connectivity index (χ3v) is 5.53. The highest BCUT2D eigenvalue weighted by atomic mass is 19.1. The number of hydrogen-bond donors (Lipinski definition) is 2. The van der Waals surface area contributed by atoms with Gasteiger partial charge in [-0.25, -0.2) is 4.39 Å². The zero-order valence-corrected chi connectivity index (χ0v) is 15.2. The summed E-state index contributed by atoms with van der Waals surface area (Å²) in [5, 5.41) is 5.06. The largest absolute Gasteiger partial charge is 0.367 e. The normalized spacial score (nSPS) is 21.4. The Morgan fingerprint density at radius 2 is 1.85 bits per heavy atom. The molecule has 1 atom stereocenters. The van der Waals surface area contributed by atoms with E-state index in [1.54, 1.807) is 6.07 Å². The number of carbonyl (C=O) groups excluding carboxylic acids is 1. The average Bonchev–Trinajstić information content (AvgIpc) is 3.14. The molecule has 2 saturated heterocycles. The van der Waals surface area contributed by atoms with E-state index in [1.165, 1.54) is 12.1 Å². The Labute approximate surface area is 156 Å². The number of anilines is 1. The van der Waals surface area contributed by atoms with E-state index in [1.807, 2.05) is 17.0 Å². The topological polar surface area (TPSA) is 75.4 Å². The van der Waals surface area contributed by atoms with Crippen LogP contribution in [0.4, 0.5) is 10.1 Å². The van der Waals surface area contributed by atoms with Crippen LogP contribution in [0.2, 0.25) is 0 Å². The van der Waals surface area contributed by atoms with Gasteiger partial charge in [-0.1, -0.05) is 12.1 Å². The van der Waals surface area contributed by atoms with Crippen LogP contribution in [0.25, 0.3) is 0 Å². The first kappa shape index (κ1) is 17.8. The molecule has 0 saturated carbocycles. The minimum Gasteiger partial charge on any atom is -0.367 e. The Bertz CT molecular complexity index is 856.